The number of rotatable bonds is 5. The standard InChI is InChI=1S/C26H21ClN4O3S/c1-34-26-19(13-28)10-18(11-22(26)27)21-7-4-17-9-15(3-6-20(17)21)16-5-8-23-24(12-16)29-14-25(30-23)31-35(2,32)33/h3,5-6,8-12,14,21H,4,7H2,1-2H3,(H,30,31). The van der Waals surface area contributed by atoms with Gasteiger partial charge in [-0.3, -0.25) is 9.71 Å². The zero-order valence-electron chi connectivity index (χ0n) is 19.0. The van der Waals surface area contributed by atoms with E-state index in [9.17, 15) is 13.7 Å². The van der Waals surface area contributed by atoms with Crippen LogP contribution < -0.4 is 9.46 Å². The second kappa shape index (κ2) is 8.84. The van der Waals surface area contributed by atoms with Crippen LogP contribution in [0, 0.1) is 11.3 Å². The van der Waals surface area contributed by atoms with Crippen molar-refractivity contribution in [2.75, 3.05) is 18.1 Å². The highest BCUT2D eigenvalue weighted by Gasteiger charge is 2.26. The van der Waals surface area contributed by atoms with Crippen molar-refractivity contribution in [2.24, 2.45) is 0 Å². The number of ether oxygens (including phenoxy) is 1. The number of methoxy groups -OCH3 is 1. The molecule has 1 unspecified atom stereocenters. The van der Waals surface area contributed by atoms with Gasteiger partial charge in [-0.2, -0.15) is 5.26 Å². The summed E-state index contributed by atoms with van der Waals surface area (Å²) in [6.07, 6.45) is 4.35. The number of nitrogens with zero attached hydrogens (tertiary/aromatic N) is 3. The molecule has 0 saturated carbocycles. The highest BCUT2D eigenvalue weighted by molar-refractivity contribution is 7.92. The summed E-state index contributed by atoms with van der Waals surface area (Å²) in [5, 5.41) is 9.95. The van der Waals surface area contributed by atoms with Crippen molar-refractivity contribution in [1.82, 2.24) is 9.97 Å². The van der Waals surface area contributed by atoms with Crippen LogP contribution in [0.4, 0.5) is 5.82 Å². The SMILES string of the molecule is COc1c(Cl)cc(C2CCc3cc(-c4ccc5nc(NS(C)(=O)=O)cnc5c4)ccc32)cc1C#N. The van der Waals surface area contributed by atoms with Gasteiger partial charge in [0.05, 0.1) is 41.2 Å². The molecule has 1 aromatic heterocycles. The Morgan fingerprint density at radius 2 is 1.89 bits per heavy atom. The van der Waals surface area contributed by atoms with Gasteiger partial charge in [-0.15, -0.1) is 0 Å². The van der Waals surface area contributed by atoms with Crippen molar-refractivity contribution in [3.63, 3.8) is 0 Å². The van der Waals surface area contributed by atoms with E-state index in [0.717, 1.165) is 35.8 Å². The zero-order chi connectivity index (χ0) is 24.7. The van der Waals surface area contributed by atoms with E-state index in [2.05, 4.69) is 39.0 Å². The number of hydrogen-bond donors (Lipinski definition) is 1. The monoisotopic (exact) mass is 504 g/mol. The van der Waals surface area contributed by atoms with Gasteiger partial charge in [-0.05, 0) is 64.9 Å². The van der Waals surface area contributed by atoms with E-state index in [4.69, 9.17) is 16.3 Å². The Hall–Kier alpha value is -3.67. The van der Waals surface area contributed by atoms with E-state index in [1.165, 1.54) is 24.4 Å². The molecule has 7 nitrogen and oxygen atoms in total. The topological polar surface area (TPSA) is 105 Å². The fraction of sp³-hybridized carbons (Fsp3) is 0.192. The van der Waals surface area contributed by atoms with Gasteiger partial charge >= 0.3 is 0 Å². The van der Waals surface area contributed by atoms with E-state index in [1.54, 1.807) is 0 Å². The molecule has 1 atom stereocenters. The summed E-state index contributed by atoms with van der Waals surface area (Å²) in [6.45, 7) is 0. The van der Waals surface area contributed by atoms with Crippen LogP contribution in [0.3, 0.4) is 0 Å². The largest absolute Gasteiger partial charge is 0.494 e. The first-order chi connectivity index (χ1) is 16.8. The number of nitriles is 1. The van der Waals surface area contributed by atoms with Gasteiger partial charge < -0.3 is 4.74 Å². The minimum Gasteiger partial charge on any atom is -0.494 e. The Labute approximate surface area is 208 Å². The smallest absolute Gasteiger partial charge is 0.231 e. The highest BCUT2D eigenvalue weighted by Crippen LogP contribution is 2.42. The minimum absolute atomic E-state index is 0.165. The molecular formula is C26H21ClN4O3S. The van der Waals surface area contributed by atoms with Crippen LogP contribution in [-0.2, 0) is 16.4 Å². The lowest BCUT2D eigenvalue weighted by atomic mass is 9.90. The predicted octanol–water partition coefficient (Wildman–Crippen LogP) is 5.28. The summed E-state index contributed by atoms with van der Waals surface area (Å²) in [6, 6.07) is 18.1. The predicted molar refractivity (Wildman–Crippen MR) is 136 cm³/mol. The zero-order valence-corrected chi connectivity index (χ0v) is 20.6. The Morgan fingerprint density at radius 1 is 1.11 bits per heavy atom. The molecule has 0 aliphatic heterocycles. The van der Waals surface area contributed by atoms with Crippen LogP contribution in [0.5, 0.6) is 5.75 Å². The van der Waals surface area contributed by atoms with Gasteiger partial charge in [0, 0.05) is 5.92 Å². The van der Waals surface area contributed by atoms with E-state index in [-0.39, 0.29) is 11.7 Å². The van der Waals surface area contributed by atoms with Crippen molar-refractivity contribution < 1.29 is 13.2 Å². The van der Waals surface area contributed by atoms with Crippen molar-refractivity contribution in [2.45, 2.75) is 18.8 Å². The van der Waals surface area contributed by atoms with Crippen molar-refractivity contribution in [1.29, 1.82) is 5.26 Å². The third-order valence-corrected chi connectivity index (χ3v) is 7.04. The van der Waals surface area contributed by atoms with Crippen LogP contribution in [-0.4, -0.2) is 31.8 Å². The number of halogens is 1. The maximum Gasteiger partial charge on any atom is 0.231 e. The Balaban J connectivity index is 1.46. The number of sulfonamides is 1. The highest BCUT2D eigenvalue weighted by atomic mass is 35.5. The van der Waals surface area contributed by atoms with Gasteiger partial charge in [0.1, 0.15) is 6.07 Å². The van der Waals surface area contributed by atoms with Gasteiger partial charge in [-0.1, -0.05) is 35.9 Å². The molecule has 3 aromatic carbocycles. The maximum atomic E-state index is 11.5. The molecule has 4 aromatic rings. The summed E-state index contributed by atoms with van der Waals surface area (Å²) in [7, 11) is -1.91. The fourth-order valence-electron chi connectivity index (χ4n) is 4.68. The first-order valence-corrected chi connectivity index (χ1v) is 13.2. The molecule has 0 spiro atoms. The third kappa shape index (κ3) is 4.53. The summed E-state index contributed by atoms with van der Waals surface area (Å²) in [5.74, 6) is 0.761. The van der Waals surface area contributed by atoms with E-state index in [0.29, 0.717) is 27.4 Å². The summed E-state index contributed by atoms with van der Waals surface area (Å²) >= 11 is 6.39. The van der Waals surface area contributed by atoms with Gasteiger partial charge in [0.25, 0.3) is 0 Å². The average molecular weight is 505 g/mol. The number of anilines is 1. The number of fused-ring (bicyclic) bond motifs is 2. The number of aryl methyl sites for hydroxylation is 1. The van der Waals surface area contributed by atoms with Gasteiger partial charge in [-0.25, -0.2) is 13.4 Å². The first-order valence-electron chi connectivity index (χ1n) is 10.9. The van der Waals surface area contributed by atoms with Crippen LogP contribution in [0.15, 0.2) is 54.7 Å². The molecule has 1 aliphatic carbocycles. The van der Waals surface area contributed by atoms with Crippen LogP contribution >= 0.6 is 11.6 Å². The van der Waals surface area contributed by atoms with E-state index < -0.39 is 10.0 Å². The lowest BCUT2D eigenvalue weighted by Gasteiger charge is -2.15. The molecule has 0 saturated heterocycles. The number of nitrogens with one attached hydrogen (secondary N) is 1. The first kappa shape index (κ1) is 23.1. The molecule has 9 heteroatoms. The molecule has 176 valence electrons. The number of benzene rings is 3. The minimum atomic E-state index is -3.42. The third-order valence-electron chi connectivity index (χ3n) is 6.18. The molecule has 1 aliphatic rings. The molecule has 1 N–H and O–H groups in total. The van der Waals surface area contributed by atoms with Gasteiger partial charge in [0.15, 0.2) is 11.6 Å². The van der Waals surface area contributed by atoms with Crippen LogP contribution in [0.1, 0.15) is 34.6 Å². The second-order valence-electron chi connectivity index (χ2n) is 8.53. The average Bonchev–Trinajstić information content (AvgIpc) is 3.25. The lowest BCUT2D eigenvalue weighted by Crippen LogP contribution is -2.11. The molecule has 5 rings (SSSR count). The molecule has 0 bridgehead atoms. The van der Waals surface area contributed by atoms with Crippen molar-refractivity contribution in [3.05, 3.63) is 82.0 Å². The Kier molecular flexibility index (Phi) is 5.83. The maximum absolute atomic E-state index is 11.5. The van der Waals surface area contributed by atoms with E-state index >= 15 is 0 Å². The fourth-order valence-corrected chi connectivity index (χ4v) is 5.46. The molecule has 0 radical (unpaired) electrons. The summed E-state index contributed by atoms with van der Waals surface area (Å²) in [5.41, 5.74) is 7.29. The van der Waals surface area contributed by atoms with Crippen molar-refractivity contribution >= 4 is 38.5 Å². The molecule has 0 fully saturated rings. The molecule has 0 amide bonds. The van der Waals surface area contributed by atoms with Crippen molar-refractivity contribution in [3.8, 4) is 22.9 Å². The number of hydrogen-bond acceptors (Lipinski definition) is 6. The van der Waals surface area contributed by atoms with E-state index in [1.807, 2.05) is 30.3 Å². The van der Waals surface area contributed by atoms with Crippen LogP contribution in [0.25, 0.3) is 22.2 Å². The second-order valence-corrected chi connectivity index (χ2v) is 10.7. The number of aromatic nitrogens is 2. The summed E-state index contributed by atoms with van der Waals surface area (Å²) < 4.78 is 30.5. The Bertz CT molecular complexity index is 1630. The molecular weight excluding hydrogens is 484 g/mol. The summed E-state index contributed by atoms with van der Waals surface area (Å²) in [4.78, 5) is 8.71. The quantitative estimate of drug-likeness (QED) is 0.396. The van der Waals surface area contributed by atoms with Crippen LogP contribution in [0.2, 0.25) is 5.02 Å². The molecule has 35 heavy (non-hydrogen) atoms. The lowest BCUT2D eigenvalue weighted by molar-refractivity contribution is 0.413. The molecule has 1 heterocycles. The normalized spacial score (nSPS) is 15.0. The van der Waals surface area contributed by atoms with Gasteiger partial charge in [0.2, 0.25) is 10.0 Å². The Morgan fingerprint density at radius 3 is 2.63 bits per heavy atom.